The first kappa shape index (κ1) is 26.2. The molecule has 9 nitrogen and oxygen atoms in total. The average molecular weight is 520 g/mol. The number of piperidine rings is 1. The second-order valence-corrected chi connectivity index (χ2v) is 11.6. The lowest BCUT2D eigenvalue weighted by molar-refractivity contribution is 0.0130. The minimum atomic E-state index is -3.85. The molecule has 0 aromatic heterocycles. The highest BCUT2D eigenvalue weighted by Crippen LogP contribution is 2.34. The molecule has 2 atom stereocenters. The van der Waals surface area contributed by atoms with Crippen LogP contribution in [0.25, 0.3) is 0 Å². The zero-order valence-corrected chi connectivity index (χ0v) is 21.6. The Morgan fingerprint density at radius 1 is 1.03 bits per heavy atom. The number of carboxylic acid groups (broad SMARTS) is 1. The van der Waals surface area contributed by atoms with Crippen molar-refractivity contribution in [3.05, 3.63) is 59.7 Å². The Labute approximate surface area is 212 Å². The molecule has 2 aromatic carbocycles. The fraction of sp³-hybridized carbons (Fsp3) is 0.500. The Kier molecular flexibility index (Phi) is 7.77. The number of carbonyl (C=O) groups is 1. The molecule has 2 aliphatic rings. The van der Waals surface area contributed by atoms with Crippen LogP contribution in [-0.2, 0) is 25.4 Å². The van der Waals surface area contributed by atoms with Gasteiger partial charge in [-0.15, -0.1) is 0 Å². The molecule has 2 saturated heterocycles. The third-order valence-electron chi connectivity index (χ3n) is 6.61. The van der Waals surface area contributed by atoms with E-state index in [1.54, 1.807) is 0 Å². The lowest BCUT2D eigenvalue weighted by Gasteiger charge is -2.44. The number of hydrogen-bond acceptors (Lipinski definition) is 7. The summed E-state index contributed by atoms with van der Waals surface area (Å²) in [6.07, 6.45) is 0.408. The van der Waals surface area contributed by atoms with Gasteiger partial charge >= 0.3 is 16.5 Å². The standard InChI is InChI=1S/C26H33NO8S/c1-26(2,3)24-14-23(12-13-27(24)25(28)29)35-22-8-4-18(5-9-22)15-32-21-10-6-19(7-11-21)20-16-33-36(30,31)34-17-20/h4-11,20,23-24H,12-17H2,1-3H3,(H,28,29). The van der Waals surface area contributed by atoms with Crippen molar-refractivity contribution in [2.24, 2.45) is 5.41 Å². The molecule has 0 spiro atoms. The van der Waals surface area contributed by atoms with Crippen LogP contribution < -0.4 is 9.47 Å². The topological polar surface area (TPSA) is 112 Å². The first-order valence-electron chi connectivity index (χ1n) is 12.0. The number of hydrogen-bond donors (Lipinski definition) is 1. The molecule has 0 saturated carbocycles. The van der Waals surface area contributed by atoms with E-state index in [-0.39, 0.29) is 36.7 Å². The molecule has 0 aliphatic carbocycles. The maximum atomic E-state index is 11.6. The molecule has 2 unspecified atom stereocenters. The molecule has 4 rings (SSSR count). The number of benzene rings is 2. The Morgan fingerprint density at radius 3 is 2.22 bits per heavy atom. The van der Waals surface area contributed by atoms with E-state index in [0.717, 1.165) is 16.9 Å². The summed E-state index contributed by atoms with van der Waals surface area (Å²) in [5, 5.41) is 9.55. The van der Waals surface area contributed by atoms with Crippen molar-refractivity contribution in [3.63, 3.8) is 0 Å². The van der Waals surface area contributed by atoms with Crippen molar-refractivity contribution < 1.29 is 36.2 Å². The first-order chi connectivity index (χ1) is 17.0. The molecule has 0 radical (unpaired) electrons. The third kappa shape index (κ3) is 6.68. The second kappa shape index (κ2) is 10.7. The predicted molar refractivity (Wildman–Crippen MR) is 132 cm³/mol. The average Bonchev–Trinajstić information content (AvgIpc) is 2.83. The molecule has 196 valence electrons. The quantitative estimate of drug-likeness (QED) is 0.591. The summed E-state index contributed by atoms with van der Waals surface area (Å²) < 4.78 is 44.0. The molecule has 1 N–H and O–H groups in total. The smallest absolute Gasteiger partial charge is 0.407 e. The van der Waals surface area contributed by atoms with Gasteiger partial charge in [-0.25, -0.2) is 13.2 Å². The van der Waals surface area contributed by atoms with E-state index in [9.17, 15) is 18.3 Å². The van der Waals surface area contributed by atoms with Gasteiger partial charge in [-0.2, -0.15) is 8.42 Å². The van der Waals surface area contributed by atoms with Gasteiger partial charge in [0.2, 0.25) is 0 Å². The van der Waals surface area contributed by atoms with E-state index in [1.807, 2.05) is 48.5 Å². The Morgan fingerprint density at radius 2 is 1.64 bits per heavy atom. The minimum Gasteiger partial charge on any atom is -0.490 e. The predicted octanol–water partition coefficient (Wildman–Crippen LogP) is 4.58. The highest BCUT2D eigenvalue weighted by molar-refractivity contribution is 7.81. The summed E-state index contributed by atoms with van der Waals surface area (Å²) in [7, 11) is -3.85. The van der Waals surface area contributed by atoms with Gasteiger partial charge in [-0.05, 0) is 40.8 Å². The van der Waals surface area contributed by atoms with Gasteiger partial charge in [0.25, 0.3) is 0 Å². The van der Waals surface area contributed by atoms with Crippen LogP contribution in [0.2, 0.25) is 0 Å². The second-order valence-electron chi connectivity index (χ2n) is 10.3. The number of likely N-dealkylation sites (tertiary alicyclic amines) is 1. The molecular formula is C26H33NO8S. The van der Waals surface area contributed by atoms with Crippen LogP contribution in [0.15, 0.2) is 48.5 Å². The number of nitrogens with zero attached hydrogens (tertiary/aromatic N) is 1. The van der Waals surface area contributed by atoms with E-state index in [4.69, 9.17) is 17.8 Å². The van der Waals surface area contributed by atoms with Gasteiger partial charge in [0.1, 0.15) is 24.2 Å². The number of amides is 1. The molecule has 10 heteroatoms. The van der Waals surface area contributed by atoms with Gasteiger partial charge in [0.05, 0.1) is 13.2 Å². The minimum absolute atomic E-state index is 0.0366. The summed E-state index contributed by atoms with van der Waals surface area (Å²) in [6, 6.07) is 15.1. The zero-order chi connectivity index (χ0) is 25.9. The first-order valence-corrected chi connectivity index (χ1v) is 13.4. The van der Waals surface area contributed by atoms with E-state index in [2.05, 4.69) is 20.8 Å². The maximum Gasteiger partial charge on any atom is 0.407 e. The molecule has 2 heterocycles. The van der Waals surface area contributed by atoms with Gasteiger partial charge in [0.15, 0.2) is 0 Å². The fourth-order valence-corrected chi connectivity index (χ4v) is 5.29. The largest absolute Gasteiger partial charge is 0.490 e. The lowest BCUT2D eigenvalue weighted by Crippen LogP contribution is -2.53. The molecule has 1 amide bonds. The summed E-state index contributed by atoms with van der Waals surface area (Å²) in [4.78, 5) is 13.2. The Bertz CT molecular complexity index is 1130. The normalized spacial score (nSPS) is 22.7. The molecule has 36 heavy (non-hydrogen) atoms. The van der Waals surface area contributed by atoms with Crippen LogP contribution in [0.3, 0.4) is 0 Å². The van der Waals surface area contributed by atoms with E-state index < -0.39 is 16.5 Å². The fourth-order valence-electron chi connectivity index (χ4n) is 4.56. The van der Waals surface area contributed by atoms with E-state index in [1.165, 1.54) is 4.90 Å². The highest BCUT2D eigenvalue weighted by Gasteiger charge is 2.39. The van der Waals surface area contributed by atoms with Crippen LogP contribution >= 0.6 is 0 Å². The highest BCUT2D eigenvalue weighted by atomic mass is 32.3. The molecular weight excluding hydrogens is 486 g/mol. The van der Waals surface area contributed by atoms with Crippen molar-refractivity contribution in [1.82, 2.24) is 4.90 Å². The SMILES string of the molecule is CC(C)(C)C1CC(Oc2ccc(COc3ccc(C4COS(=O)(=O)OC4)cc3)cc2)CCN1C(=O)O. The monoisotopic (exact) mass is 519 g/mol. The summed E-state index contributed by atoms with van der Waals surface area (Å²) in [6.45, 7) is 7.15. The number of rotatable bonds is 6. The van der Waals surface area contributed by atoms with Gasteiger partial charge in [-0.3, -0.25) is 0 Å². The van der Waals surface area contributed by atoms with Crippen molar-refractivity contribution in [2.45, 2.75) is 58.3 Å². The Balaban J connectivity index is 1.28. The van der Waals surface area contributed by atoms with E-state index in [0.29, 0.717) is 31.7 Å². The van der Waals surface area contributed by atoms with Crippen molar-refractivity contribution in [2.75, 3.05) is 19.8 Å². The van der Waals surface area contributed by atoms with Crippen molar-refractivity contribution in [1.29, 1.82) is 0 Å². The van der Waals surface area contributed by atoms with Crippen molar-refractivity contribution >= 4 is 16.5 Å². The molecule has 2 fully saturated rings. The van der Waals surface area contributed by atoms with Crippen molar-refractivity contribution in [3.8, 4) is 11.5 Å². The van der Waals surface area contributed by atoms with E-state index >= 15 is 0 Å². The summed E-state index contributed by atoms with van der Waals surface area (Å²) >= 11 is 0. The number of ether oxygens (including phenoxy) is 2. The summed E-state index contributed by atoms with van der Waals surface area (Å²) in [5.41, 5.74) is 1.74. The third-order valence-corrected chi connectivity index (χ3v) is 7.46. The molecule has 0 bridgehead atoms. The van der Waals surface area contributed by atoms with Crippen LogP contribution in [-0.4, -0.2) is 56.4 Å². The van der Waals surface area contributed by atoms with Crippen LogP contribution in [0.1, 0.15) is 50.7 Å². The van der Waals surface area contributed by atoms with Gasteiger partial charge < -0.3 is 19.5 Å². The van der Waals surface area contributed by atoms with Crippen LogP contribution in [0, 0.1) is 5.41 Å². The Hall–Kier alpha value is -2.82. The molecule has 2 aromatic rings. The lowest BCUT2D eigenvalue weighted by atomic mass is 9.80. The van der Waals surface area contributed by atoms with Gasteiger partial charge in [0, 0.05) is 31.3 Å². The zero-order valence-electron chi connectivity index (χ0n) is 20.8. The van der Waals surface area contributed by atoms with Gasteiger partial charge in [-0.1, -0.05) is 45.0 Å². The molecule has 2 aliphatic heterocycles. The summed E-state index contributed by atoms with van der Waals surface area (Å²) in [5.74, 6) is 1.30. The van der Waals surface area contributed by atoms with Crippen LogP contribution in [0.4, 0.5) is 4.79 Å². The van der Waals surface area contributed by atoms with Crippen LogP contribution in [0.5, 0.6) is 11.5 Å². The maximum absolute atomic E-state index is 11.6.